The monoisotopic (exact) mass is 554 g/mol. The fourth-order valence-electron chi connectivity index (χ4n) is 4.89. The van der Waals surface area contributed by atoms with Crippen molar-refractivity contribution in [1.82, 2.24) is 25.3 Å². The molecule has 2 aromatic carbocycles. The van der Waals surface area contributed by atoms with Crippen molar-refractivity contribution < 1.29 is 14.3 Å². The molecule has 1 atom stereocenters. The Morgan fingerprint density at radius 3 is 2.32 bits per heavy atom. The zero-order valence-electron chi connectivity index (χ0n) is 23.3. The molecule has 1 aliphatic rings. The maximum atomic E-state index is 13.0. The van der Waals surface area contributed by atoms with Crippen LogP contribution in [0, 0.1) is 5.92 Å². The average molecular weight is 555 g/mol. The van der Waals surface area contributed by atoms with Gasteiger partial charge in [-0.05, 0) is 86.5 Å². The first kappa shape index (κ1) is 27.8. The van der Waals surface area contributed by atoms with Crippen LogP contribution in [0.1, 0.15) is 19.8 Å². The maximum absolute atomic E-state index is 13.0. The topological polar surface area (TPSA) is 111 Å². The number of carbonyl (C=O) groups excluding carboxylic acids is 1. The number of benzene rings is 2. The van der Waals surface area contributed by atoms with E-state index in [4.69, 9.17) is 9.47 Å². The van der Waals surface area contributed by atoms with Crippen LogP contribution in [0.25, 0.3) is 22.5 Å². The lowest BCUT2D eigenvalue weighted by molar-refractivity contribution is -0.125. The molecule has 41 heavy (non-hydrogen) atoms. The molecule has 5 rings (SSSR count). The van der Waals surface area contributed by atoms with E-state index in [0.717, 1.165) is 53.5 Å². The molecule has 0 bridgehead atoms. The number of methoxy groups -OCH3 is 1. The minimum absolute atomic E-state index is 0.0340. The number of nitrogens with zero attached hydrogens (tertiary/aromatic N) is 5. The Bertz CT molecular complexity index is 1500. The number of piperidine rings is 1. The van der Waals surface area contributed by atoms with Crippen LogP contribution in [0.3, 0.4) is 0 Å². The van der Waals surface area contributed by atoms with E-state index in [2.05, 4.69) is 25.5 Å². The fraction of sp³-hybridized carbons (Fsp3) is 0.323. The van der Waals surface area contributed by atoms with Gasteiger partial charge in [-0.15, -0.1) is 10.2 Å². The van der Waals surface area contributed by atoms with Gasteiger partial charge in [0.05, 0.1) is 37.6 Å². The van der Waals surface area contributed by atoms with Crippen molar-refractivity contribution in [2.24, 2.45) is 5.92 Å². The third-order valence-corrected chi connectivity index (χ3v) is 7.10. The number of nitrogens with one attached hydrogen (secondary N) is 1. The van der Waals surface area contributed by atoms with E-state index in [9.17, 15) is 9.59 Å². The minimum Gasteiger partial charge on any atom is -0.497 e. The van der Waals surface area contributed by atoms with E-state index in [1.807, 2.05) is 67.6 Å². The molecular formula is C31H34N6O4. The van der Waals surface area contributed by atoms with Gasteiger partial charge in [0.15, 0.2) is 5.82 Å². The van der Waals surface area contributed by atoms with Gasteiger partial charge in [0.2, 0.25) is 5.91 Å². The molecule has 212 valence electrons. The van der Waals surface area contributed by atoms with Gasteiger partial charge < -0.3 is 19.7 Å². The first-order chi connectivity index (χ1) is 20.0. The van der Waals surface area contributed by atoms with Crippen molar-refractivity contribution in [3.63, 3.8) is 0 Å². The van der Waals surface area contributed by atoms with Crippen molar-refractivity contribution in [3.8, 4) is 34.0 Å². The average Bonchev–Trinajstić information content (AvgIpc) is 3.02. The number of aromatic nitrogens is 4. The highest BCUT2D eigenvalue weighted by atomic mass is 16.5. The smallest absolute Gasteiger partial charge is 0.266 e. The quantitative estimate of drug-likeness (QED) is 0.315. The highest BCUT2D eigenvalue weighted by Crippen LogP contribution is 2.25. The van der Waals surface area contributed by atoms with Crippen molar-refractivity contribution >= 4 is 11.7 Å². The molecule has 0 radical (unpaired) electrons. The summed E-state index contributed by atoms with van der Waals surface area (Å²) >= 11 is 0. The standard InChI is InChI=1S/C31H34N6O4/c1-3-41-26-12-8-23(9-13-26)28-15-17-30(38)37(35-28)20-18-32-31(39)24-5-4-19-36(21-24)29-16-14-27(33-34-29)22-6-10-25(40-2)11-7-22/h6-17,24H,3-5,18-21H2,1-2H3,(H,32,39). The largest absolute Gasteiger partial charge is 0.497 e. The van der Waals surface area contributed by atoms with Crippen molar-refractivity contribution in [2.75, 3.05) is 38.3 Å². The first-order valence-electron chi connectivity index (χ1n) is 13.9. The number of carbonyl (C=O) groups is 1. The summed E-state index contributed by atoms with van der Waals surface area (Å²) in [5.74, 6) is 2.12. The van der Waals surface area contributed by atoms with Gasteiger partial charge in [0.1, 0.15) is 11.5 Å². The fourth-order valence-corrected chi connectivity index (χ4v) is 4.89. The number of ether oxygens (including phenoxy) is 2. The molecule has 1 amide bonds. The summed E-state index contributed by atoms with van der Waals surface area (Å²) in [5, 5.41) is 16.3. The van der Waals surface area contributed by atoms with E-state index in [1.54, 1.807) is 13.2 Å². The first-order valence-corrected chi connectivity index (χ1v) is 13.9. The molecule has 1 aliphatic heterocycles. The lowest BCUT2D eigenvalue weighted by Gasteiger charge is -2.32. The van der Waals surface area contributed by atoms with Crippen molar-refractivity contribution in [3.05, 3.63) is 83.2 Å². The zero-order chi connectivity index (χ0) is 28.6. The predicted octanol–water partition coefficient (Wildman–Crippen LogP) is 3.81. The summed E-state index contributed by atoms with van der Waals surface area (Å²) in [5.41, 5.74) is 3.08. The van der Waals surface area contributed by atoms with E-state index in [1.165, 1.54) is 10.7 Å². The molecule has 1 unspecified atom stereocenters. The van der Waals surface area contributed by atoms with E-state index in [-0.39, 0.29) is 23.9 Å². The van der Waals surface area contributed by atoms with Crippen LogP contribution in [-0.4, -0.2) is 59.2 Å². The Balaban J connectivity index is 1.15. The molecule has 1 fully saturated rings. The second-order valence-electron chi connectivity index (χ2n) is 9.82. The third kappa shape index (κ3) is 6.89. The lowest BCUT2D eigenvalue weighted by Crippen LogP contribution is -2.44. The molecule has 1 saturated heterocycles. The minimum atomic E-state index is -0.213. The SMILES string of the molecule is CCOc1ccc(-c2ccc(=O)n(CCNC(=O)C3CCCN(c4ccc(-c5ccc(OC)cc5)nn4)C3)n2)cc1. The molecule has 10 nitrogen and oxygen atoms in total. The molecule has 3 heterocycles. The maximum Gasteiger partial charge on any atom is 0.266 e. The summed E-state index contributed by atoms with van der Waals surface area (Å²) in [6, 6.07) is 22.4. The van der Waals surface area contributed by atoms with Gasteiger partial charge in [-0.1, -0.05) is 0 Å². The molecule has 0 saturated carbocycles. The van der Waals surface area contributed by atoms with Crippen LogP contribution >= 0.6 is 0 Å². The number of amides is 1. The molecule has 4 aromatic rings. The van der Waals surface area contributed by atoms with Crippen LogP contribution in [-0.2, 0) is 11.3 Å². The van der Waals surface area contributed by atoms with Gasteiger partial charge in [-0.3, -0.25) is 9.59 Å². The normalized spacial score (nSPS) is 14.9. The second-order valence-corrected chi connectivity index (χ2v) is 9.82. The lowest BCUT2D eigenvalue weighted by atomic mass is 9.97. The molecule has 2 aromatic heterocycles. The van der Waals surface area contributed by atoms with Gasteiger partial charge in [-0.25, -0.2) is 4.68 Å². The summed E-state index contributed by atoms with van der Waals surface area (Å²) in [4.78, 5) is 27.5. The summed E-state index contributed by atoms with van der Waals surface area (Å²) in [7, 11) is 1.64. The van der Waals surface area contributed by atoms with Crippen LogP contribution < -0.4 is 25.2 Å². The highest BCUT2D eigenvalue weighted by molar-refractivity contribution is 5.79. The van der Waals surface area contributed by atoms with Gasteiger partial charge >= 0.3 is 0 Å². The van der Waals surface area contributed by atoms with Gasteiger partial charge in [0.25, 0.3) is 5.56 Å². The van der Waals surface area contributed by atoms with E-state index >= 15 is 0 Å². The Hall–Kier alpha value is -4.73. The number of rotatable bonds is 10. The zero-order valence-corrected chi connectivity index (χ0v) is 23.3. The summed E-state index contributed by atoms with van der Waals surface area (Å²) in [6.07, 6.45) is 1.68. The molecule has 0 spiro atoms. The van der Waals surface area contributed by atoms with Crippen LogP contribution in [0.2, 0.25) is 0 Å². The Morgan fingerprint density at radius 2 is 1.63 bits per heavy atom. The Kier molecular flexibility index (Phi) is 8.88. The molecule has 1 N–H and O–H groups in total. The predicted molar refractivity (Wildman–Crippen MR) is 157 cm³/mol. The highest BCUT2D eigenvalue weighted by Gasteiger charge is 2.26. The number of hydrogen-bond acceptors (Lipinski definition) is 8. The molecular weight excluding hydrogens is 520 g/mol. The van der Waals surface area contributed by atoms with Crippen molar-refractivity contribution in [1.29, 1.82) is 0 Å². The Morgan fingerprint density at radius 1 is 0.927 bits per heavy atom. The van der Waals surface area contributed by atoms with E-state index in [0.29, 0.717) is 25.4 Å². The van der Waals surface area contributed by atoms with Crippen molar-refractivity contribution in [2.45, 2.75) is 26.3 Å². The number of anilines is 1. The van der Waals surface area contributed by atoms with Crippen LogP contribution in [0.5, 0.6) is 11.5 Å². The third-order valence-electron chi connectivity index (χ3n) is 7.10. The van der Waals surface area contributed by atoms with Gasteiger partial charge in [0, 0.05) is 36.8 Å². The molecule has 0 aliphatic carbocycles. The number of hydrogen-bond donors (Lipinski definition) is 1. The van der Waals surface area contributed by atoms with Crippen LogP contribution in [0.15, 0.2) is 77.6 Å². The summed E-state index contributed by atoms with van der Waals surface area (Å²) < 4.78 is 12.1. The van der Waals surface area contributed by atoms with E-state index < -0.39 is 0 Å². The Labute approximate surface area is 238 Å². The van der Waals surface area contributed by atoms with Gasteiger partial charge in [-0.2, -0.15) is 5.10 Å². The molecule has 10 heteroatoms. The van der Waals surface area contributed by atoms with Crippen LogP contribution in [0.4, 0.5) is 5.82 Å². The summed E-state index contributed by atoms with van der Waals surface area (Å²) in [6.45, 7) is 4.51. The second kappa shape index (κ2) is 13.1.